The fraction of sp³-hybridized carbons (Fsp3) is 0.261. The van der Waals surface area contributed by atoms with Crippen LogP contribution in [0, 0.1) is 0 Å². The van der Waals surface area contributed by atoms with E-state index in [9.17, 15) is 14.4 Å². The first-order valence-electron chi connectivity index (χ1n) is 9.36. The molecule has 1 amide bonds. The lowest BCUT2D eigenvalue weighted by atomic mass is 10.1. The van der Waals surface area contributed by atoms with Crippen LogP contribution in [0.2, 0.25) is 0 Å². The van der Waals surface area contributed by atoms with Gasteiger partial charge < -0.3 is 19.5 Å². The molecule has 1 atom stereocenters. The van der Waals surface area contributed by atoms with Crippen molar-refractivity contribution in [1.29, 1.82) is 0 Å². The third-order valence-corrected chi connectivity index (χ3v) is 4.20. The Morgan fingerprint density at radius 2 is 1.87 bits per heavy atom. The minimum atomic E-state index is -1.07. The summed E-state index contributed by atoms with van der Waals surface area (Å²) in [6.45, 7) is 6.15. The van der Waals surface area contributed by atoms with Gasteiger partial charge in [0, 0.05) is 5.56 Å². The molecule has 0 saturated carbocycles. The molecule has 0 heterocycles. The second kappa shape index (κ2) is 10.8. The van der Waals surface area contributed by atoms with Gasteiger partial charge in [-0.25, -0.2) is 4.79 Å². The number of allylic oxidation sites excluding steroid dienone is 1. The van der Waals surface area contributed by atoms with Crippen LogP contribution in [0.5, 0.6) is 11.5 Å². The normalized spacial score (nSPS) is 11.2. The highest BCUT2D eigenvalue weighted by Crippen LogP contribution is 2.28. The average molecular weight is 411 g/mol. The summed E-state index contributed by atoms with van der Waals surface area (Å²) >= 11 is 0. The van der Waals surface area contributed by atoms with E-state index in [1.165, 1.54) is 21.0 Å². The molecule has 0 aliphatic heterocycles. The van der Waals surface area contributed by atoms with E-state index in [1.54, 1.807) is 42.5 Å². The highest BCUT2D eigenvalue weighted by Gasteiger charge is 2.20. The minimum absolute atomic E-state index is 0.183. The van der Waals surface area contributed by atoms with Gasteiger partial charge in [-0.1, -0.05) is 24.3 Å². The number of para-hydroxylation sites is 1. The minimum Gasteiger partial charge on any atom is -0.493 e. The third kappa shape index (κ3) is 6.20. The molecule has 0 radical (unpaired) electrons. The lowest BCUT2D eigenvalue weighted by Crippen LogP contribution is -2.32. The van der Waals surface area contributed by atoms with E-state index in [0.29, 0.717) is 29.2 Å². The van der Waals surface area contributed by atoms with Gasteiger partial charge in [0.2, 0.25) is 0 Å². The molecule has 0 unspecified atom stereocenters. The molecule has 0 aliphatic rings. The third-order valence-electron chi connectivity index (χ3n) is 4.20. The van der Waals surface area contributed by atoms with Gasteiger partial charge in [-0.15, -0.1) is 6.58 Å². The summed E-state index contributed by atoms with van der Waals surface area (Å²) in [6.07, 6.45) is 1.38. The zero-order valence-corrected chi connectivity index (χ0v) is 17.3. The van der Waals surface area contributed by atoms with Crippen molar-refractivity contribution in [1.82, 2.24) is 0 Å². The highest BCUT2D eigenvalue weighted by atomic mass is 16.6. The number of hydrogen-bond donors (Lipinski definition) is 1. The predicted octanol–water partition coefficient (Wildman–Crippen LogP) is 3.58. The Bertz CT molecular complexity index is 937. The molecule has 0 bridgehead atoms. The molecule has 0 fully saturated rings. The van der Waals surface area contributed by atoms with Crippen LogP contribution < -0.4 is 14.8 Å². The number of rotatable bonds is 10. The zero-order chi connectivity index (χ0) is 22.1. The SMILES string of the molecule is C=CCc1ccc(OCC(=O)O[C@H](C)C(=O)Nc2ccccc2C(C)=O)c(OC)c1. The molecule has 7 heteroatoms. The molecule has 0 aliphatic carbocycles. The van der Waals surface area contributed by atoms with Crippen molar-refractivity contribution in [3.63, 3.8) is 0 Å². The van der Waals surface area contributed by atoms with Gasteiger partial charge in [0.1, 0.15) is 0 Å². The first-order valence-corrected chi connectivity index (χ1v) is 9.36. The van der Waals surface area contributed by atoms with Crippen LogP contribution in [0.15, 0.2) is 55.1 Å². The van der Waals surface area contributed by atoms with Crippen molar-refractivity contribution < 1.29 is 28.6 Å². The van der Waals surface area contributed by atoms with E-state index < -0.39 is 24.6 Å². The highest BCUT2D eigenvalue weighted by molar-refractivity contribution is 6.04. The summed E-state index contributed by atoms with van der Waals surface area (Å²) in [5.74, 6) is -0.585. The number of carbonyl (C=O) groups excluding carboxylic acids is 3. The van der Waals surface area contributed by atoms with E-state index in [2.05, 4.69) is 11.9 Å². The van der Waals surface area contributed by atoms with Crippen LogP contribution >= 0.6 is 0 Å². The van der Waals surface area contributed by atoms with Crippen molar-refractivity contribution in [2.45, 2.75) is 26.4 Å². The number of carbonyl (C=O) groups is 3. The second-order valence-corrected chi connectivity index (χ2v) is 6.49. The van der Waals surface area contributed by atoms with E-state index in [0.717, 1.165) is 5.56 Å². The molecular weight excluding hydrogens is 386 g/mol. The summed E-state index contributed by atoms with van der Waals surface area (Å²) in [6, 6.07) is 11.9. The lowest BCUT2D eigenvalue weighted by Gasteiger charge is -2.16. The molecular formula is C23H25NO6. The maximum Gasteiger partial charge on any atom is 0.344 e. The standard InChI is InChI=1S/C23H25NO6/c1-5-8-17-11-12-20(21(13-17)28-4)29-14-22(26)30-16(3)23(27)24-19-10-7-6-9-18(19)15(2)25/h5-7,9-13,16H,1,8,14H2,2-4H3,(H,24,27)/t16-/m1/s1. The quantitative estimate of drug-likeness (QED) is 0.365. The number of hydrogen-bond acceptors (Lipinski definition) is 6. The van der Waals surface area contributed by atoms with Crippen LogP contribution in [-0.2, 0) is 20.7 Å². The van der Waals surface area contributed by atoms with Crippen LogP contribution in [-0.4, -0.2) is 37.5 Å². The molecule has 158 valence electrons. The van der Waals surface area contributed by atoms with Crippen molar-refractivity contribution >= 4 is 23.3 Å². The predicted molar refractivity (Wildman–Crippen MR) is 113 cm³/mol. The van der Waals surface area contributed by atoms with E-state index in [-0.39, 0.29) is 5.78 Å². The molecule has 2 rings (SSSR count). The maximum absolute atomic E-state index is 12.3. The number of methoxy groups -OCH3 is 1. The Hall–Kier alpha value is -3.61. The Morgan fingerprint density at radius 1 is 1.13 bits per heavy atom. The summed E-state index contributed by atoms with van der Waals surface area (Å²) in [5.41, 5.74) is 1.73. The number of amides is 1. The maximum atomic E-state index is 12.3. The first kappa shape index (κ1) is 22.7. The van der Waals surface area contributed by atoms with Crippen molar-refractivity contribution in [2.75, 3.05) is 19.0 Å². The Balaban J connectivity index is 1.92. The van der Waals surface area contributed by atoms with Gasteiger partial charge in [0.25, 0.3) is 5.91 Å². The molecule has 2 aromatic rings. The molecule has 2 aromatic carbocycles. The fourth-order valence-electron chi connectivity index (χ4n) is 2.68. The van der Waals surface area contributed by atoms with E-state index in [1.807, 2.05) is 6.07 Å². The zero-order valence-electron chi connectivity index (χ0n) is 17.3. The smallest absolute Gasteiger partial charge is 0.344 e. The van der Waals surface area contributed by atoms with Crippen LogP contribution in [0.1, 0.15) is 29.8 Å². The molecule has 30 heavy (non-hydrogen) atoms. The Kier molecular flexibility index (Phi) is 8.17. The number of Topliss-reactive ketones (excluding diaryl/α,β-unsaturated/α-hetero) is 1. The number of ketones is 1. The Labute approximate surface area is 175 Å². The van der Waals surface area contributed by atoms with E-state index in [4.69, 9.17) is 14.2 Å². The molecule has 1 N–H and O–H groups in total. The van der Waals surface area contributed by atoms with Crippen molar-refractivity contribution in [2.24, 2.45) is 0 Å². The molecule has 0 spiro atoms. The second-order valence-electron chi connectivity index (χ2n) is 6.49. The molecule has 0 saturated heterocycles. The van der Waals surface area contributed by atoms with Crippen molar-refractivity contribution in [3.8, 4) is 11.5 Å². The van der Waals surface area contributed by atoms with Gasteiger partial charge in [0.05, 0.1) is 12.8 Å². The number of anilines is 1. The van der Waals surface area contributed by atoms with Crippen molar-refractivity contribution in [3.05, 3.63) is 66.2 Å². The van der Waals surface area contributed by atoms with Gasteiger partial charge in [-0.2, -0.15) is 0 Å². The number of nitrogens with one attached hydrogen (secondary N) is 1. The number of benzene rings is 2. The number of ether oxygens (including phenoxy) is 3. The fourth-order valence-corrected chi connectivity index (χ4v) is 2.68. The summed E-state index contributed by atoms with van der Waals surface area (Å²) in [5, 5.41) is 2.60. The lowest BCUT2D eigenvalue weighted by molar-refractivity contribution is -0.155. The summed E-state index contributed by atoms with van der Waals surface area (Å²) in [7, 11) is 1.50. The van der Waals surface area contributed by atoms with E-state index >= 15 is 0 Å². The number of esters is 1. The Morgan fingerprint density at radius 3 is 2.53 bits per heavy atom. The molecule has 0 aromatic heterocycles. The monoisotopic (exact) mass is 411 g/mol. The van der Waals surface area contributed by atoms with Crippen LogP contribution in [0.3, 0.4) is 0 Å². The van der Waals surface area contributed by atoms with Gasteiger partial charge in [-0.05, 0) is 50.1 Å². The summed E-state index contributed by atoms with van der Waals surface area (Å²) in [4.78, 5) is 36.1. The first-order chi connectivity index (χ1) is 14.3. The van der Waals surface area contributed by atoms with Gasteiger partial charge >= 0.3 is 5.97 Å². The largest absolute Gasteiger partial charge is 0.493 e. The average Bonchev–Trinajstić information content (AvgIpc) is 2.73. The van der Waals surface area contributed by atoms with Crippen LogP contribution in [0.4, 0.5) is 5.69 Å². The summed E-state index contributed by atoms with van der Waals surface area (Å²) < 4.78 is 15.9. The van der Waals surface area contributed by atoms with Crippen LogP contribution in [0.25, 0.3) is 0 Å². The molecule has 7 nitrogen and oxygen atoms in total. The van der Waals surface area contributed by atoms with Gasteiger partial charge in [0.15, 0.2) is 30.0 Å². The van der Waals surface area contributed by atoms with Gasteiger partial charge in [-0.3, -0.25) is 9.59 Å². The topological polar surface area (TPSA) is 90.9 Å².